The van der Waals surface area contributed by atoms with Crippen LogP contribution in [0.2, 0.25) is 0 Å². The van der Waals surface area contributed by atoms with Crippen LogP contribution < -0.4 is 10.1 Å². The summed E-state index contributed by atoms with van der Waals surface area (Å²) in [5, 5.41) is 10.9. The van der Waals surface area contributed by atoms with Gasteiger partial charge < -0.3 is 20.1 Å². The van der Waals surface area contributed by atoms with Crippen LogP contribution in [-0.4, -0.2) is 54.5 Å². The highest BCUT2D eigenvalue weighted by Gasteiger charge is 2.33. The van der Waals surface area contributed by atoms with Crippen LogP contribution in [0.1, 0.15) is 72.3 Å². The molecular weight excluding hydrogens is 420 g/mol. The van der Waals surface area contributed by atoms with Gasteiger partial charge in [-0.1, -0.05) is 45.7 Å². The van der Waals surface area contributed by atoms with Crippen molar-refractivity contribution in [2.75, 3.05) is 26.7 Å². The number of carbonyl (C=O) groups is 3. The second kappa shape index (κ2) is 13.8. The highest BCUT2D eigenvalue weighted by molar-refractivity contribution is 6.03. The molecule has 0 saturated carbocycles. The number of aliphatic carboxylic acids is 1. The zero-order valence-corrected chi connectivity index (χ0v) is 21.0. The molecule has 1 fully saturated rings. The summed E-state index contributed by atoms with van der Waals surface area (Å²) in [5.41, 5.74) is 1.45. The van der Waals surface area contributed by atoms with Crippen LogP contribution in [0, 0.1) is 0 Å². The number of amides is 1. The van der Waals surface area contributed by atoms with Gasteiger partial charge in [-0.15, -0.1) is 0 Å². The summed E-state index contributed by atoms with van der Waals surface area (Å²) in [6, 6.07) is 7.64. The number of nitrogens with zero attached hydrogens (tertiary/aromatic N) is 1. The van der Waals surface area contributed by atoms with Gasteiger partial charge in [-0.05, 0) is 64.4 Å². The molecule has 1 heterocycles. The maximum Gasteiger partial charge on any atom is 0.339 e. The monoisotopic (exact) mass is 460 g/mol. The van der Waals surface area contributed by atoms with Crippen molar-refractivity contribution in [3.05, 3.63) is 41.0 Å². The van der Waals surface area contributed by atoms with Crippen LogP contribution in [-0.2, 0) is 19.8 Å². The molecule has 1 amide bonds. The van der Waals surface area contributed by atoms with Crippen molar-refractivity contribution >= 4 is 17.8 Å². The van der Waals surface area contributed by atoms with E-state index in [9.17, 15) is 14.4 Å². The Morgan fingerprint density at radius 3 is 2.39 bits per heavy atom. The molecule has 0 bridgehead atoms. The third-order valence-corrected chi connectivity index (χ3v) is 5.96. The molecule has 33 heavy (non-hydrogen) atoms. The van der Waals surface area contributed by atoms with Gasteiger partial charge in [-0.3, -0.25) is 9.59 Å². The summed E-state index contributed by atoms with van der Waals surface area (Å²) in [4.78, 5) is 37.5. The van der Waals surface area contributed by atoms with Gasteiger partial charge in [0.1, 0.15) is 12.3 Å². The summed E-state index contributed by atoms with van der Waals surface area (Å²) < 4.78 is 5.55. The van der Waals surface area contributed by atoms with Gasteiger partial charge in [-0.2, -0.15) is 0 Å². The highest BCUT2D eigenvalue weighted by Crippen LogP contribution is 2.37. The Hall–Kier alpha value is -2.67. The molecule has 7 nitrogen and oxygen atoms in total. The van der Waals surface area contributed by atoms with Crippen LogP contribution in [0.4, 0.5) is 0 Å². The number of nitrogens with one attached hydrogen (secondary N) is 1. The lowest BCUT2D eigenvalue weighted by molar-refractivity contribution is -0.137. The molecule has 1 atom stereocenters. The van der Waals surface area contributed by atoms with Crippen molar-refractivity contribution in [1.82, 2.24) is 10.2 Å². The second-order valence-corrected chi connectivity index (χ2v) is 8.78. The Labute approximate surface area is 198 Å². The van der Waals surface area contributed by atoms with E-state index in [0.29, 0.717) is 5.75 Å². The first kappa shape index (κ1) is 28.4. The number of hydrogen-bond acceptors (Lipinski definition) is 5. The fourth-order valence-corrected chi connectivity index (χ4v) is 3.93. The molecule has 0 aromatic heterocycles. The molecule has 1 unspecified atom stereocenters. The zero-order chi connectivity index (χ0) is 25.0. The van der Waals surface area contributed by atoms with Gasteiger partial charge in [0.15, 0.2) is 0 Å². The fraction of sp³-hybridized carbons (Fsp3) is 0.577. The van der Waals surface area contributed by atoms with Gasteiger partial charge >= 0.3 is 11.9 Å². The molecule has 7 heteroatoms. The molecule has 1 saturated heterocycles. The number of carboxylic acid groups (broad SMARTS) is 1. The Kier molecular flexibility index (Phi) is 11.8. The molecule has 1 aromatic carbocycles. The van der Waals surface area contributed by atoms with E-state index in [1.165, 1.54) is 26.7 Å². The lowest BCUT2D eigenvalue weighted by atomic mass is 9.74. The van der Waals surface area contributed by atoms with Crippen LogP contribution in [0.5, 0.6) is 5.75 Å². The number of likely N-dealkylation sites (tertiary alicyclic amines) is 1. The Bertz CT molecular complexity index is 849. The van der Waals surface area contributed by atoms with Crippen LogP contribution >= 0.6 is 0 Å². The third kappa shape index (κ3) is 8.65. The Morgan fingerprint density at radius 2 is 1.79 bits per heavy atom. The topological polar surface area (TPSA) is 95.9 Å². The largest absolute Gasteiger partial charge is 0.480 e. The summed E-state index contributed by atoms with van der Waals surface area (Å²) in [5.74, 6) is -1.94. The van der Waals surface area contributed by atoms with Gasteiger partial charge in [0, 0.05) is 23.1 Å². The number of benzene rings is 1. The predicted octanol–water partition coefficient (Wildman–Crippen LogP) is 4.31. The molecule has 184 valence electrons. The molecule has 1 aliphatic rings. The fourth-order valence-electron chi connectivity index (χ4n) is 3.93. The minimum absolute atomic E-state index is 0.0190. The van der Waals surface area contributed by atoms with E-state index in [-0.39, 0.29) is 16.6 Å². The maximum atomic E-state index is 12.6. The molecule has 2 N–H and O–H groups in total. The number of hydrogen-bond donors (Lipinski definition) is 2. The van der Waals surface area contributed by atoms with E-state index in [1.807, 2.05) is 12.1 Å². The normalized spacial score (nSPS) is 19.3. The average molecular weight is 461 g/mol. The van der Waals surface area contributed by atoms with Crippen molar-refractivity contribution in [2.24, 2.45) is 0 Å². The minimum atomic E-state index is -1.15. The Morgan fingerprint density at radius 1 is 1.12 bits per heavy atom. The quantitative estimate of drug-likeness (QED) is 0.358. The first-order chi connectivity index (χ1) is 15.6. The smallest absolute Gasteiger partial charge is 0.339 e. The molecular formula is C26H40N2O5. The number of esters is 1. The van der Waals surface area contributed by atoms with Gasteiger partial charge in [-0.25, -0.2) is 4.79 Å². The van der Waals surface area contributed by atoms with E-state index >= 15 is 0 Å². The maximum absolute atomic E-state index is 12.6. The minimum Gasteiger partial charge on any atom is -0.480 e. The zero-order valence-electron chi connectivity index (χ0n) is 21.0. The van der Waals surface area contributed by atoms with Crippen LogP contribution in [0.25, 0.3) is 0 Å². The number of ether oxygens (including phenoxy) is 1. The first-order valence-electron chi connectivity index (χ1n) is 11.8. The molecule has 0 spiro atoms. The molecule has 2 rings (SSSR count). The van der Waals surface area contributed by atoms with Gasteiger partial charge in [0.05, 0.1) is 0 Å². The number of carbonyl (C=O) groups excluding carboxylic acids is 2. The predicted molar refractivity (Wildman–Crippen MR) is 130 cm³/mol. The number of rotatable bonds is 7. The number of likely N-dealkylation sites (N-methyl/N-ethyl adjacent to an activating group) is 1. The van der Waals surface area contributed by atoms with Crippen molar-refractivity contribution in [3.63, 3.8) is 0 Å². The van der Waals surface area contributed by atoms with Crippen molar-refractivity contribution < 1.29 is 24.2 Å². The van der Waals surface area contributed by atoms with Crippen LogP contribution in [0.15, 0.2) is 35.4 Å². The van der Waals surface area contributed by atoms with E-state index in [1.54, 1.807) is 6.07 Å². The SMILES string of the molecule is CCC.CCC1(c2cccc(OC(=O)/C(C)=C(\C)C(=O)NCC(=O)O)c2)CCCCN(C)C1. The highest BCUT2D eigenvalue weighted by atomic mass is 16.5. The molecule has 1 aromatic rings. The average Bonchev–Trinajstić information content (AvgIpc) is 2.99. The lowest BCUT2D eigenvalue weighted by Crippen LogP contribution is -2.37. The summed E-state index contributed by atoms with van der Waals surface area (Å²) in [7, 11) is 2.14. The van der Waals surface area contributed by atoms with E-state index in [2.05, 4.69) is 44.1 Å². The molecule has 1 aliphatic heterocycles. The summed E-state index contributed by atoms with van der Waals surface area (Å²) >= 11 is 0. The second-order valence-electron chi connectivity index (χ2n) is 8.78. The standard InChI is InChI=1S/C23H32N2O5.C3H8/c1-5-23(11-6-7-12-25(4)15-23)18-9-8-10-19(13-18)30-22(29)17(3)16(2)21(28)24-14-20(26)27;1-3-2/h8-10,13H,5-7,11-12,14-15H2,1-4H3,(H,24,28)(H,26,27);3H2,1-2H3/b17-16+;. The van der Waals surface area contributed by atoms with Crippen molar-refractivity contribution in [1.29, 1.82) is 0 Å². The molecule has 0 aliphatic carbocycles. The molecule has 0 radical (unpaired) electrons. The van der Waals surface area contributed by atoms with Gasteiger partial charge in [0.25, 0.3) is 0 Å². The van der Waals surface area contributed by atoms with Gasteiger partial charge in [0.2, 0.25) is 5.91 Å². The van der Waals surface area contributed by atoms with Crippen molar-refractivity contribution in [2.45, 2.75) is 72.1 Å². The van der Waals surface area contributed by atoms with Crippen LogP contribution in [0.3, 0.4) is 0 Å². The van der Waals surface area contributed by atoms with Crippen molar-refractivity contribution in [3.8, 4) is 5.75 Å². The van der Waals surface area contributed by atoms with E-state index in [0.717, 1.165) is 37.9 Å². The first-order valence-corrected chi connectivity index (χ1v) is 11.8. The third-order valence-electron chi connectivity index (χ3n) is 5.96. The van der Waals surface area contributed by atoms with E-state index in [4.69, 9.17) is 9.84 Å². The Balaban J connectivity index is 0.00000172. The summed E-state index contributed by atoms with van der Waals surface area (Å²) in [6.07, 6.45) is 5.68. The van der Waals surface area contributed by atoms with E-state index < -0.39 is 24.4 Å². The lowest BCUT2D eigenvalue weighted by Gasteiger charge is -2.35. The summed E-state index contributed by atoms with van der Waals surface area (Å²) in [6.45, 7) is 11.0. The number of carboxylic acids is 1.